The van der Waals surface area contributed by atoms with Gasteiger partial charge in [-0.1, -0.05) is 0 Å². The Morgan fingerprint density at radius 1 is 1.78 bits per heavy atom. The van der Waals surface area contributed by atoms with E-state index in [1.165, 1.54) is 4.90 Å². The molecule has 0 unspecified atom stereocenters. The summed E-state index contributed by atoms with van der Waals surface area (Å²) in [7, 11) is 0. The van der Waals surface area contributed by atoms with Crippen LogP contribution in [-0.2, 0) is 0 Å². The number of nitrogens with zero attached hydrogens (tertiary/aromatic N) is 1. The minimum Gasteiger partial charge on any atom is -0.351 e. The molecule has 3 N–H and O–H groups in total. The van der Waals surface area contributed by atoms with Gasteiger partial charge in [-0.15, -0.1) is 0 Å². The van der Waals surface area contributed by atoms with Crippen LogP contribution in [0.3, 0.4) is 0 Å². The van der Waals surface area contributed by atoms with Crippen LogP contribution in [0.25, 0.3) is 0 Å². The molecule has 4 heteroatoms. The first-order valence-electron chi connectivity index (χ1n) is 2.86. The lowest BCUT2D eigenvalue weighted by Gasteiger charge is -2.10. The molecule has 0 aromatic carbocycles. The van der Waals surface area contributed by atoms with Crippen LogP contribution in [-0.4, -0.2) is 23.3 Å². The number of amides is 2. The third-order valence-corrected chi connectivity index (χ3v) is 1.39. The van der Waals surface area contributed by atoms with Gasteiger partial charge in [0.25, 0.3) is 0 Å². The van der Waals surface area contributed by atoms with Gasteiger partial charge in [0.15, 0.2) is 0 Å². The van der Waals surface area contributed by atoms with Crippen molar-refractivity contribution in [2.75, 3.05) is 6.54 Å². The standard InChI is InChI=1S/C5H9N3O/c6-4-2-1-3-8(4)5(7)9/h6H,1-3H2,(H2,7,9). The fourth-order valence-corrected chi connectivity index (χ4v) is 0.918. The van der Waals surface area contributed by atoms with E-state index in [4.69, 9.17) is 11.1 Å². The fraction of sp³-hybridized carbons (Fsp3) is 0.600. The normalized spacial score (nSPS) is 18.7. The molecule has 1 heterocycles. The largest absolute Gasteiger partial charge is 0.351 e. The summed E-state index contributed by atoms with van der Waals surface area (Å²) < 4.78 is 0. The van der Waals surface area contributed by atoms with Crippen LogP contribution >= 0.6 is 0 Å². The van der Waals surface area contributed by atoms with E-state index in [9.17, 15) is 4.79 Å². The van der Waals surface area contributed by atoms with E-state index in [0.29, 0.717) is 18.8 Å². The molecular formula is C5H9N3O. The van der Waals surface area contributed by atoms with Crippen LogP contribution in [0, 0.1) is 5.41 Å². The Labute approximate surface area is 53.1 Å². The molecule has 1 saturated heterocycles. The minimum absolute atomic E-state index is 0.350. The molecule has 50 valence electrons. The van der Waals surface area contributed by atoms with Crippen LogP contribution in [0.5, 0.6) is 0 Å². The Balaban J connectivity index is 2.60. The highest BCUT2D eigenvalue weighted by atomic mass is 16.2. The van der Waals surface area contributed by atoms with Crippen molar-refractivity contribution >= 4 is 11.9 Å². The number of amidine groups is 1. The predicted molar refractivity (Wildman–Crippen MR) is 33.3 cm³/mol. The van der Waals surface area contributed by atoms with Crippen molar-refractivity contribution in [2.45, 2.75) is 12.8 Å². The van der Waals surface area contributed by atoms with Gasteiger partial charge in [0.2, 0.25) is 0 Å². The highest BCUT2D eigenvalue weighted by molar-refractivity contribution is 5.96. The molecule has 1 aliphatic heterocycles. The molecule has 2 amide bonds. The molecule has 1 aliphatic rings. The Kier molecular flexibility index (Phi) is 1.38. The number of carbonyl (C=O) groups is 1. The van der Waals surface area contributed by atoms with Gasteiger partial charge in [-0.3, -0.25) is 10.3 Å². The number of hydrogen-bond acceptors (Lipinski definition) is 2. The van der Waals surface area contributed by atoms with E-state index in [2.05, 4.69) is 0 Å². The van der Waals surface area contributed by atoms with Crippen LogP contribution in [0.15, 0.2) is 0 Å². The number of nitrogens with one attached hydrogen (secondary N) is 1. The van der Waals surface area contributed by atoms with E-state index in [1.54, 1.807) is 0 Å². The predicted octanol–water partition coefficient (Wildman–Crippen LogP) is 0.138. The van der Waals surface area contributed by atoms with Crippen molar-refractivity contribution in [3.05, 3.63) is 0 Å². The monoisotopic (exact) mass is 127 g/mol. The molecule has 0 radical (unpaired) electrons. The van der Waals surface area contributed by atoms with Crippen LogP contribution in [0.2, 0.25) is 0 Å². The van der Waals surface area contributed by atoms with E-state index in [1.807, 2.05) is 0 Å². The smallest absolute Gasteiger partial charge is 0.320 e. The summed E-state index contributed by atoms with van der Waals surface area (Å²) in [5.74, 6) is 0.350. The molecular weight excluding hydrogens is 118 g/mol. The lowest BCUT2D eigenvalue weighted by Crippen LogP contribution is -2.35. The lowest BCUT2D eigenvalue weighted by atomic mass is 10.4. The molecule has 0 aliphatic carbocycles. The van der Waals surface area contributed by atoms with Crippen molar-refractivity contribution in [2.24, 2.45) is 5.73 Å². The maximum absolute atomic E-state index is 10.4. The fourth-order valence-electron chi connectivity index (χ4n) is 0.918. The maximum atomic E-state index is 10.4. The molecule has 0 bridgehead atoms. The van der Waals surface area contributed by atoms with Crippen molar-refractivity contribution in [3.63, 3.8) is 0 Å². The van der Waals surface area contributed by atoms with E-state index < -0.39 is 6.03 Å². The van der Waals surface area contributed by atoms with Gasteiger partial charge in [-0.2, -0.15) is 0 Å². The molecule has 0 saturated carbocycles. The van der Waals surface area contributed by atoms with E-state index in [0.717, 1.165) is 6.42 Å². The number of hydrogen-bond donors (Lipinski definition) is 2. The number of rotatable bonds is 0. The summed E-state index contributed by atoms with van der Waals surface area (Å²) in [5.41, 5.74) is 4.93. The van der Waals surface area contributed by atoms with Gasteiger partial charge in [0.05, 0.1) is 0 Å². The van der Waals surface area contributed by atoms with E-state index >= 15 is 0 Å². The summed E-state index contributed by atoms with van der Waals surface area (Å²) in [4.78, 5) is 11.7. The van der Waals surface area contributed by atoms with Crippen molar-refractivity contribution in [1.29, 1.82) is 5.41 Å². The van der Waals surface area contributed by atoms with Gasteiger partial charge in [-0.25, -0.2) is 4.79 Å². The summed E-state index contributed by atoms with van der Waals surface area (Å²) >= 11 is 0. The number of nitrogens with two attached hydrogens (primary N) is 1. The summed E-state index contributed by atoms with van der Waals surface area (Å²) in [5, 5.41) is 7.16. The molecule has 0 aromatic heterocycles. The summed E-state index contributed by atoms with van der Waals surface area (Å²) in [6, 6.07) is -0.502. The van der Waals surface area contributed by atoms with Crippen LogP contribution < -0.4 is 5.73 Å². The minimum atomic E-state index is -0.502. The molecule has 0 atom stereocenters. The first-order chi connectivity index (χ1) is 4.22. The third kappa shape index (κ3) is 1.01. The van der Waals surface area contributed by atoms with Crippen LogP contribution in [0.4, 0.5) is 4.79 Å². The summed E-state index contributed by atoms with van der Waals surface area (Å²) in [6.45, 7) is 0.619. The first kappa shape index (κ1) is 6.07. The van der Waals surface area contributed by atoms with Gasteiger partial charge in [0.1, 0.15) is 5.84 Å². The molecule has 0 aromatic rings. The van der Waals surface area contributed by atoms with Gasteiger partial charge in [0, 0.05) is 13.0 Å². The number of urea groups is 1. The van der Waals surface area contributed by atoms with Gasteiger partial charge < -0.3 is 5.73 Å². The number of likely N-dealkylation sites (tertiary alicyclic amines) is 1. The topological polar surface area (TPSA) is 70.2 Å². The highest BCUT2D eigenvalue weighted by Gasteiger charge is 2.20. The number of primary amides is 1. The second-order valence-electron chi connectivity index (χ2n) is 2.04. The molecule has 1 rings (SSSR count). The second kappa shape index (κ2) is 2.05. The highest BCUT2D eigenvalue weighted by Crippen LogP contribution is 2.08. The lowest BCUT2D eigenvalue weighted by molar-refractivity contribution is 0.232. The van der Waals surface area contributed by atoms with Gasteiger partial charge >= 0.3 is 6.03 Å². The zero-order chi connectivity index (χ0) is 6.85. The zero-order valence-electron chi connectivity index (χ0n) is 5.05. The first-order valence-corrected chi connectivity index (χ1v) is 2.86. The quantitative estimate of drug-likeness (QED) is 0.477. The molecule has 9 heavy (non-hydrogen) atoms. The average molecular weight is 127 g/mol. The Morgan fingerprint density at radius 3 is 2.67 bits per heavy atom. The van der Waals surface area contributed by atoms with Crippen LogP contribution in [0.1, 0.15) is 12.8 Å². The van der Waals surface area contributed by atoms with E-state index in [-0.39, 0.29) is 0 Å². The SMILES string of the molecule is N=C1CCCN1C(N)=O. The van der Waals surface area contributed by atoms with Crippen molar-refractivity contribution < 1.29 is 4.79 Å². The molecule has 1 fully saturated rings. The van der Waals surface area contributed by atoms with Gasteiger partial charge in [-0.05, 0) is 6.42 Å². The zero-order valence-corrected chi connectivity index (χ0v) is 5.05. The third-order valence-electron chi connectivity index (χ3n) is 1.39. The summed E-state index contributed by atoms with van der Waals surface area (Å²) in [6.07, 6.45) is 1.56. The molecule has 4 nitrogen and oxygen atoms in total. The second-order valence-corrected chi connectivity index (χ2v) is 2.04. The Bertz CT molecular complexity index is 154. The Morgan fingerprint density at radius 2 is 2.44 bits per heavy atom. The maximum Gasteiger partial charge on any atom is 0.320 e. The average Bonchev–Trinajstić information content (AvgIpc) is 2.13. The number of carbonyl (C=O) groups excluding carboxylic acids is 1. The molecule has 0 spiro atoms. The van der Waals surface area contributed by atoms with Crippen molar-refractivity contribution in [3.8, 4) is 0 Å². The van der Waals surface area contributed by atoms with Crippen molar-refractivity contribution in [1.82, 2.24) is 4.90 Å². The Hall–Kier alpha value is -1.06.